The number of rotatable bonds is 4. The lowest BCUT2D eigenvalue weighted by atomic mass is 9.83. The Kier molecular flexibility index (Phi) is 3.72. The Morgan fingerprint density at radius 1 is 1.29 bits per heavy atom. The molecule has 1 aromatic carbocycles. The highest BCUT2D eigenvalue weighted by Crippen LogP contribution is 2.30. The topological polar surface area (TPSA) is 62.5 Å². The normalized spacial score (nSPS) is 18.0. The maximum atomic E-state index is 11.4. The van der Waals surface area contributed by atoms with Crippen molar-refractivity contribution in [3.8, 4) is 0 Å². The molecule has 0 atom stereocenters. The summed E-state index contributed by atoms with van der Waals surface area (Å²) in [7, 11) is 0. The van der Waals surface area contributed by atoms with Crippen LogP contribution in [0.1, 0.15) is 55.1 Å². The molecule has 21 heavy (non-hydrogen) atoms. The van der Waals surface area contributed by atoms with Crippen molar-refractivity contribution in [1.29, 1.82) is 0 Å². The maximum Gasteiger partial charge on any atom is 0.372 e. The number of aromatic carboxylic acids is 1. The van der Waals surface area contributed by atoms with Gasteiger partial charge in [-0.25, -0.2) is 4.79 Å². The molecule has 0 aliphatic heterocycles. The lowest BCUT2D eigenvalue weighted by molar-refractivity contribution is 0.0662. The minimum atomic E-state index is -1.00. The second-order valence-corrected chi connectivity index (χ2v) is 6.19. The smallest absolute Gasteiger partial charge is 0.372 e. The van der Waals surface area contributed by atoms with E-state index in [1.54, 1.807) is 0 Å². The van der Waals surface area contributed by atoms with Gasteiger partial charge in [0.15, 0.2) is 0 Å². The zero-order valence-electron chi connectivity index (χ0n) is 12.3. The van der Waals surface area contributed by atoms with E-state index in [0.717, 1.165) is 23.8 Å². The van der Waals surface area contributed by atoms with E-state index >= 15 is 0 Å². The summed E-state index contributed by atoms with van der Waals surface area (Å²) in [6.45, 7) is 2.77. The van der Waals surface area contributed by atoms with E-state index in [0.29, 0.717) is 12.1 Å². The number of hydrogen-bond acceptors (Lipinski definition) is 3. The third-order valence-electron chi connectivity index (χ3n) is 4.54. The molecule has 2 aromatic rings. The molecule has 1 aromatic heterocycles. The van der Waals surface area contributed by atoms with Crippen molar-refractivity contribution in [3.63, 3.8) is 0 Å². The number of fused-ring (bicyclic) bond motifs is 1. The monoisotopic (exact) mass is 287 g/mol. The number of hydrogen-bond donors (Lipinski definition) is 2. The molecule has 0 amide bonds. The first kappa shape index (κ1) is 14.1. The van der Waals surface area contributed by atoms with Gasteiger partial charge in [-0.2, -0.15) is 0 Å². The Labute approximate surface area is 124 Å². The molecule has 3 rings (SSSR count). The molecule has 0 radical (unpaired) electrons. The van der Waals surface area contributed by atoms with Crippen LogP contribution in [0.4, 0.5) is 0 Å². The average molecular weight is 287 g/mol. The predicted molar refractivity (Wildman–Crippen MR) is 81.5 cm³/mol. The van der Waals surface area contributed by atoms with Crippen LogP contribution in [0, 0.1) is 0 Å². The Morgan fingerprint density at radius 3 is 2.71 bits per heavy atom. The molecule has 1 heterocycles. The van der Waals surface area contributed by atoms with E-state index in [4.69, 9.17) is 4.42 Å². The van der Waals surface area contributed by atoms with Crippen molar-refractivity contribution in [2.45, 2.75) is 51.1 Å². The van der Waals surface area contributed by atoms with Crippen molar-refractivity contribution in [2.75, 3.05) is 0 Å². The van der Waals surface area contributed by atoms with E-state index in [1.165, 1.54) is 19.3 Å². The van der Waals surface area contributed by atoms with Crippen LogP contribution >= 0.6 is 0 Å². The highest BCUT2D eigenvalue weighted by molar-refractivity contribution is 5.95. The molecule has 1 saturated carbocycles. The molecule has 1 fully saturated rings. The Hall–Kier alpha value is -1.81. The van der Waals surface area contributed by atoms with E-state index in [9.17, 15) is 9.90 Å². The van der Waals surface area contributed by atoms with Gasteiger partial charge in [-0.15, -0.1) is 0 Å². The summed E-state index contributed by atoms with van der Waals surface area (Å²) in [5.41, 5.74) is 1.50. The Bertz CT molecular complexity index is 653. The minimum absolute atomic E-state index is 0.0584. The summed E-state index contributed by atoms with van der Waals surface area (Å²) in [5, 5.41) is 13.8. The summed E-state index contributed by atoms with van der Waals surface area (Å²) in [4.78, 5) is 11.4. The minimum Gasteiger partial charge on any atom is -0.475 e. The zero-order valence-corrected chi connectivity index (χ0v) is 12.3. The number of furan rings is 1. The molecular weight excluding hydrogens is 266 g/mol. The van der Waals surface area contributed by atoms with Gasteiger partial charge in [0.1, 0.15) is 5.58 Å². The summed E-state index contributed by atoms with van der Waals surface area (Å²) >= 11 is 0. The SMILES string of the molecule is CC1(NCc2c(C(=O)O)oc3ccccc23)CCCCC1. The second-order valence-electron chi connectivity index (χ2n) is 6.19. The van der Waals surface area contributed by atoms with Gasteiger partial charge in [-0.3, -0.25) is 0 Å². The van der Waals surface area contributed by atoms with Gasteiger partial charge < -0.3 is 14.8 Å². The fraction of sp³-hybridized carbons (Fsp3) is 0.471. The quantitative estimate of drug-likeness (QED) is 0.894. The summed E-state index contributed by atoms with van der Waals surface area (Å²) in [5.74, 6) is -0.945. The number of carbonyl (C=O) groups is 1. The molecule has 1 aliphatic carbocycles. The molecule has 2 N–H and O–H groups in total. The molecule has 0 saturated heterocycles. The van der Waals surface area contributed by atoms with Crippen molar-refractivity contribution in [3.05, 3.63) is 35.6 Å². The van der Waals surface area contributed by atoms with E-state index in [1.807, 2.05) is 24.3 Å². The zero-order chi connectivity index (χ0) is 14.9. The van der Waals surface area contributed by atoms with Crippen LogP contribution in [0.5, 0.6) is 0 Å². The lowest BCUT2D eigenvalue weighted by Gasteiger charge is -2.34. The van der Waals surface area contributed by atoms with Crippen LogP contribution in [0.15, 0.2) is 28.7 Å². The summed E-state index contributed by atoms with van der Waals surface area (Å²) < 4.78 is 5.49. The van der Waals surface area contributed by atoms with Gasteiger partial charge >= 0.3 is 5.97 Å². The van der Waals surface area contributed by atoms with E-state index in [2.05, 4.69) is 12.2 Å². The van der Waals surface area contributed by atoms with Crippen molar-refractivity contribution >= 4 is 16.9 Å². The van der Waals surface area contributed by atoms with Crippen LogP contribution in [0.2, 0.25) is 0 Å². The van der Waals surface area contributed by atoms with Crippen LogP contribution < -0.4 is 5.32 Å². The number of benzene rings is 1. The van der Waals surface area contributed by atoms with Gasteiger partial charge in [0.25, 0.3) is 0 Å². The highest BCUT2D eigenvalue weighted by Gasteiger charge is 2.28. The molecule has 1 aliphatic rings. The van der Waals surface area contributed by atoms with E-state index in [-0.39, 0.29) is 11.3 Å². The molecule has 0 bridgehead atoms. The number of nitrogens with one attached hydrogen (secondary N) is 1. The number of para-hydroxylation sites is 1. The number of carboxylic acids is 1. The van der Waals surface area contributed by atoms with Crippen molar-refractivity contribution in [2.24, 2.45) is 0 Å². The molecular formula is C17H21NO3. The molecule has 112 valence electrons. The fourth-order valence-electron chi connectivity index (χ4n) is 3.26. The molecule has 0 unspecified atom stereocenters. The predicted octanol–water partition coefficient (Wildman–Crippen LogP) is 3.94. The fourth-order valence-corrected chi connectivity index (χ4v) is 3.26. The Morgan fingerprint density at radius 2 is 2.00 bits per heavy atom. The van der Waals surface area contributed by atoms with Gasteiger partial charge in [0.05, 0.1) is 0 Å². The average Bonchev–Trinajstić information content (AvgIpc) is 2.85. The van der Waals surface area contributed by atoms with Gasteiger partial charge in [-0.05, 0) is 25.8 Å². The first-order valence-electron chi connectivity index (χ1n) is 7.58. The molecule has 4 nitrogen and oxygen atoms in total. The first-order valence-corrected chi connectivity index (χ1v) is 7.58. The molecule has 0 spiro atoms. The summed E-state index contributed by atoms with van der Waals surface area (Å²) in [6, 6.07) is 7.51. The highest BCUT2D eigenvalue weighted by atomic mass is 16.4. The Balaban J connectivity index is 1.88. The summed E-state index contributed by atoms with van der Waals surface area (Å²) in [6.07, 6.45) is 6.06. The van der Waals surface area contributed by atoms with Gasteiger partial charge in [-0.1, -0.05) is 37.5 Å². The third-order valence-corrected chi connectivity index (χ3v) is 4.54. The molecule has 4 heteroatoms. The second kappa shape index (κ2) is 5.53. The lowest BCUT2D eigenvalue weighted by Crippen LogP contribution is -2.43. The first-order chi connectivity index (χ1) is 10.1. The maximum absolute atomic E-state index is 11.4. The van der Waals surface area contributed by atoms with Gasteiger partial charge in [0, 0.05) is 23.0 Å². The largest absolute Gasteiger partial charge is 0.475 e. The van der Waals surface area contributed by atoms with Crippen molar-refractivity contribution < 1.29 is 14.3 Å². The van der Waals surface area contributed by atoms with Crippen LogP contribution in [-0.4, -0.2) is 16.6 Å². The van der Waals surface area contributed by atoms with Crippen LogP contribution in [0.3, 0.4) is 0 Å². The van der Waals surface area contributed by atoms with Crippen LogP contribution in [-0.2, 0) is 6.54 Å². The standard InChI is InChI=1S/C17H21NO3/c1-17(9-5-2-6-10-17)18-11-13-12-7-3-4-8-14(12)21-15(13)16(19)20/h3-4,7-8,18H,2,5-6,9-11H2,1H3,(H,19,20). The van der Waals surface area contributed by atoms with Crippen molar-refractivity contribution in [1.82, 2.24) is 5.32 Å². The third kappa shape index (κ3) is 2.81. The van der Waals surface area contributed by atoms with Crippen LogP contribution in [0.25, 0.3) is 11.0 Å². The number of carboxylic acid groups (broad SMARTS) is 1. The van der Waals surface area contributed by atoms with Gasteiger partial charge in [0.2, 0.25) is 5.76 Å². The van der Waals surface area contributed by atoms with E-state index < -0.39 is 5.97 Å².